The summed E-state index contributed by atoms with van der Waals surface area (Å²) in [7, 11) is 0. The van der Waals surface area contributed by atoms with Crippen LogP contribution >= 0.6 is 0 Å². The number of hydrogen-bond donors (Lipinski definition) is 3. The SMILES string of the molecule is CCN(c1cccc2c1CC=CCCc1cc(C)[nH]c(=O)c1CNC2=O)C1CCNCC1. The van der Waals surface area contributed by atoms with Gasteiger partial charge in [-0.25, -0.2) is 0 Å². The molecule has 170 valence electrons. The first-order valence-corrected chi connectivity index (χ1v) is 11.8. The zero-order chi connectivity index (χ0) is 22.5. The molecule has 1 aromatic carbocycles. The molecule has 0 unspecified atom stereocenters. The smallest absolute Gasteiger partial charge is 0.253 e. The van der Waals surface area contributed by atoms with Gasteiger partial charge in [-0.3, -0.25) is 9.59 Å². The molecule has 4 rings (SSSR count). The van der Waals surface area contributed by atoms with Gasteiger partial charge in [0.1, 0.15) is 0 Å². The van der Waals surface area contributed by atoms with E-state index in [0.29, 0.717) is 17.2 Å². The third-order valence-corrected chi connectivity index (χ3v) is 6.65. The number of nitrogens with one attached hydrogen (secondary N) is 3. The van der Waals surface area contributed by atoms with E-state index in [0.717, 1.165) is 74.2 Å². The van der Waals surface area contributed by atoms with E-state index >= 15 is 0 Å². The van der Waals surface area contributed by atoms with Crippen molar-refractivity contribution in [3.05, 3.63) is 74.7 Å². The lowest BCUT2D eigenvalue weighted by atomic mass is 9.96. The molecule has 6 nitrogen and oxygen atoms in total. The van der Waals surface area contributed by atoms with E-state index in [2.05, 4.69) is 45.7 Å². The molecule has 1 fully saturated rings. The van der Waals surface area contributed by atoms with Gasteiger partial charge < -0.3 is 20.5 Å². The molecule has 2 aromatic rings. The van der Waals surface area contributed by atoms with Crippen molar-refractivity contribution in [3.8, 4) is 0 Å². The predicted octanol–water partition coefficient (Wildman–Crippen LogP) is 3.24. The highest BCUT2D eigenvalue weighted by molar-refractivity contribution is 5.97. The van der Waals surface area contributed by atoms with Crippen LogP contribution < -0.4 is 21.1 Å². The van der Waals surface area contributed by atoms with Gasteiger partial charge in [0, 0.05) is 41.6 Å². The summed E-state index contributed by atoms with van der Waals surface area (Å²) in [5.74, 6) is -0.122. The Balaban J connectivity index is 1.70. The fourth-order valence-corrected chi connectivity index (χ4v) is 5.04. The number of piperidine rings is 1. The number of aromatic nitrogens is 1. The van der Waals surface area contributed by atoms with Crippen molar-refractivity contribution < 1.29 is 4.79 Å². The van der Waals surface area contributed by atoms with Crippen LogP contribution in [0.4, 0.5) is 5.69 Å². The first-order valence-electron chi connectivity index (χ1n) is 11.8. The summed E-state index contributed by atoms with van der Waals surface area (Å²) in [6.45, 7) is 7.30. The van der Waals surface area contributed by atoms with Crippen molar-refractivity contribution in [2.45, 2.75) is 58.5 Å². The van der Waals surface area contributed by atoms with Crippen LogP contribution in [0.1, 0.15) is 58.9 Å². The molecule has 0 saturated carbocycles. The number of H-pyrrole nitrogens is 1. The van der Waals surface area contributed by atoms with Gasteiger partial charge in [-0.2, -0.15) is 0 Å². The third-order valence-electron chi connectivity index (χ3n) is 6.65. The zero-order valence-corrected chi connectivity index (χ0v) is 19.2. The number of benzene rings is 1. The summed E-state index contributed by atoms with van der Waals surface area (Å²) in [6, 6.07) is 8.55. The van der Waals surface area contributed by atoms with Gasteiger partial charge in [-0.1, -0.05) is 18.2 Å². The minimum absolute atomic E-state index is 0.113. The second kappa shape index (κ2) is 10.2. The molecule has 0 atom stereocenters. The Labute approximate surface area is 190 Å². The summed E-state index contributed by atoms with van der Waals surface area (Å²) in [6.07, 6.45) is 8.96. The topological polar surface area (TPSA) is 77.2 Å². The van der Waals surface area contributed by atoms with E-state index in [1.807, 2.05) is 25.1 Å². The summed E-state index contributed by atoms with van der Waals surface area (Å²) in [5, 5.41) is 6.47. The molecule has 1 saturated heterocycles. The number of pyridine rings is 1. The van der Waals surface area contributed by atoms with Gasteiger partial charge >= 0.3 is 0 Å². The van der Waals surface area contributed by atoms with Crippen LogP contribution in [-0.2, 0) is 19.4 Å². The highest BCUT2D eigenvalue weighted by atomic mass is 16.1. The van der Waals surface area contributed by atoms with Crippen LogP contribution in [0.2, 0.25) is 0 Å². The monoisotopic (exact) mass is 434 g/mol. The number of carbonyl (C=O) groups is 1. The molecule has 3 N–H and O–H groups in total. The van der Waals surface area contributed by atoms with E-state index in [1.54, 1.807) is 0 Å². The highest BCUT2D eigenvalue weighted by Crippen LogP contribution is 2.29. The number of carbonyl (C=O) groups excluding carboxylic acids is 1. The Morgan fingerprint density at radius 2 is 1.91 bits per heavy atom. The van der Waals surface area contributed by atoms with Gasteiger partial charge in [0.15, 0.2) is 0 Å². The van der Waals surface area contributed by atoms with Crippen LogP contribution in [0.15, 0.2) is 41.2 Å². The first kappa shape index (κ1) is 22.3. The van der Waals surface area contributed by atoms with Crippen molar-refractivity contribution in [2.75, 3.05) is 24.5 Å². The molecule has 0 aliphatic carbocycles. The van der Waals surface area contributed by atoms with Crippen LogP contribution in [-0.4, -0.2) is 36.6 Å². The molecular weight excluding hydrogens is 400 g/mol. The van der Waals surface area contributed by atoms with Crippen LogP contribution in [0.25, 0.3) is 0 Å². The highest BCUT2D eigenvalue weighted by Gasteiger charge is 2.24. The maximum atomic E-state index is 13.3. The first-order chi connectivity index (χ1) is 15.6. The molecule has 0 radical (unpaired) electrons. The summed E-state index contributed by atoms with van der Waals surface area (Å²) in [4.78, 5) is 31.2. The van der Waals surface area contributed by atoms with E-state index in [9.17, 15) is 9.59 Å². The Bertz CT molecular complexity index is 1050. The zero-order valence-electron chi connectivity index (χ0n) is 19.2. The number of rotatable bonds is 3. The van der Waals surface area contributed by atoms with Crippen molar-refractivity contribution in [2.24, 2.45) is 0 Å². The molecule has 1 aromatic heterocycles. The molecular formula is C26H34N4O2. The van der Waals surface area contributed by atoms with Crippen molar-refractivity contribution in [3.63, 3.8) is 0 Å². The fourth-order valence-electron chi connectivity index (χ4n) is 5.04. The second-order valence-corrected chi connectivity index (χ2v) is 8.75. The minimum atomic E-state index is -0.122. The van der Waals surface area contributed by atoms with E-state index < -0.39 is 0 Å². The molecule has 0 bridgehead atoms. The van der Waals surface area contributed by atoms with Gasteiger partial charge in [-0.15, -0.1) is 0 Å². The van der Waals surface area contributed by atoms with Crippen LogP contribution in [0.3, 0.4) is 0 Å². The lowest BCUT2D eigenvalue weighted by Crippen LogP contribution is -2.43. The van der Waals surface area contributed by atoms with E-state index in [1.165, 1.54) is 0 Å². The van der Waals surface area contributed by atoms with Crippen molar-refractivity contribution in [1.29, 1.82) is 0 Å². The minimum Gasteiger partial charge on any atom is -0.368 e. The Hall–Kier alpha value is -2.86. The summed E-state index contributed by atoms with van der Waals surface area (Å²) < 4.78 is 0. The molecule has 6 heteroatoms. The number of aromatic amines is 1. The predicted molar refractivity (Wildman–Crippen MR) is 129 cm³/mol. The van der Waals surface area contributed by atoms with Crippen LogP contribution in [0.5, 0.6) is 0 Å². The Kier molecular flexibility index (Phi) is 7.10. The fraction of sp³-hybridized carbons (Fsp3) is 0.462. The lowest BCUT2D eigenvalue weighted by Gasteiger charge is -2.37. The van der Waals surface area contributed by atoms with Gasteiger partial charge in [0.25, 0.3) is 11.5 Å². The van der Waals surface area contributed by atoms with Crippen LogP contribution in [0, 0.1) is 6.92 Å². The number of nitrogens with zero attached hydrogens (tertiary/aromatic N) is 1. The van der Waals surface area contributed by atoms with Gasteiger partial charge in [-0.05, 0) is 88.4 Å². The number of fused-ring (bicyclic) bond motifs is 2. The summed E-state index contributed by atoms with van der Waals surface area (Å²) >= 11 is 0. The van der Waals surface area contributed by atoms with E-state index in [4.69, 9.17) is 0 Å². The van der Waals surface area contributed by atoms with Gasteiger partial charge in [0.05, 0.1) is 0 Å². The number of amides is 1. The molecule has 1 amide bonds. The average Bonchev–Trinajstić information content (AvgIpc) is 2.79. The Morgan fingerprint density at radius 3 is 2.69 bits per heavy atom. The molecule has 2 aliphatic rings. The molecule has 3 heterocycles. The second-order valence-electron chi connectivity index (χ2n) is 8.75. The third kappa shape index (κ3) is 4.80. The molecule has 32 heavy (non-hydrogen) atoms. The summed E-state index contributed by atoms with van der Waals surface area (Å²) in [5.41, 5.74) is 5.32. The average molecular weight is 435 g/mol. The standard InChI is InChI=1S/C26H34N4O2/c1-3-30(20-12-14-27-15-13-20)24-11-7-10-22-21(24)9-6-4-5-8-19-16-18(2)29-26(32)23(19)17-28-25(22)31/h4,6-7,10-11,16,20,27H,3,5,8-9,12-15,17H2,1-2H3,(H,28,31)(H,29,32). The number of anilines is 1. The van der Waals surface area contributed by atoms with E-state index in [-0.39, 0.29) is 18.0 Å². The Morgan fingerprint density at radius 1 is 1.09 bits per heavy atom. The number of allylic oxidation sites excluding steroid dienone is 2. The van der Waals surface area contributed by atoms with Gasteiger partial charge in [0.2, 0.25) is 0 Å². The molecule has 0 spiro atoms. The maximum absolute atomic E-state index is 13.3. The number of aryl methyl sites for hydroxylation is 2. The largest absolute Gasteiger partial charge is 0.368 e. The molecule has 2 aliphatic heterocycles. The maximum Gasteiger partial charge on any atom is 0.253 e. The number of hydrogen-bond acceptors (Lipinski definition) is 4. The normalized spacial score (nSPS) is 17.5. The lowest BCUT2D eigenvalue weighted by molar-refractivity contribution is 0.0950. The quantitative estimate of drug-likeness (QED) is 0.648. The van der Waals surface area contributed by atoms with Crippen molar-refractivity contribution in [1.82, 2.24) is 15.6 Å². The van der Waals surface area contributed by atoms with Crippen molar-refractivity contribution >= 4 is 11.6 Å².